The average molecular weight is 487 g/mol. The van der Waals surface area contributed by atoms with Gasteiger partial charge in [-0.2, -0.15) is 0 Å². The van der Waals surface area contributed by atoms with Gasteiger partial charge in [0.15, 0.2) is 0 Å². The molecule has 4 rings (SSSR count). The van der Waals surface area contributed by atoms with Crippen molar-refractivity contribution in [3.05, 3.63) is 46.3 Å². The summed E-state index contributed by atoms with van der Waals surface area (Å²) in [6.07, 6.45) is 5.60. The monoisotopic (exact) mass is 486 g/mol. The molecule has 0 aliphatic carbocycles. The summed E-state index contributed by atoms with van der Waals surface area (Å²) < 4.78 is 29.0. The van der Waals surface area contributed by atoms with E-state index >= 15 is 0 Å². The van der Waals surface area contributed by atoms with Gasteiger partial charge in [0.2, 0.25) is 10.0 Å². The predicted molar refractivity (Wildman–Crippen MR) is 130 cm³/mol. The molecule has 2 aromatic rings. The number of anilines is 1. The Morgan fingerprint density at radius 2 is 2.00 bits per heavy atom. The van der Waals surface area contributed by atoms with Crippen molar-refractivity contribution in [1.29, 1.82) is 0 Å². The Morgan fingerprint density at radius 3 is 2.68 bits per heavy atom. The molecule has 0 radical (unpaired) electrons. The standard InChI is InChI=1S/C24H30N4O5S/c1-3-33-24(30)22-15(2)26-21(17(22)7-6-12-28-10-4-5-11-28)14-19-18-13-16(34(25,31)32)8-9-20(18)27-23(19)29/h8-9,13-14,26H,3-7,10-12H2,1-2H3,(H,27,29)(H2,25,31,32)/b19-14-. The van der Waals surface area contributed by atoms with Crippen LogP contribution in [0.1, 0.15) is 59.1 Å². The third-order valence-electron chi connectivity index (χ3n) is 6.29. The maximum Gasteiger partial charge on any atom is 0.340 e. The summed E-state index contributed by atoms with van der Waals surface area (Å²) in [5.74, 6) is -0.751. The number of sulfonamides is 1. The van der Waals surface area contributed by atoms with Crippen LogP contribution in [-0.4, -0.2) is 56.4 Å². The molecule has 1 aromatic carbocycles. The molecule has 0 spiro atoms. The Morgan fingerprint density at radius 1 is 1.26 bits per heavy atom. The number of H-pyrrole nitrogens is 1. The fraction of sp³-hybridized carbons (Fsp3) is 0.417. The lowest BCUT2D eigenvalue weighted by molar-refractivity contribution is -0.110. The Hall–Kier alpha value is -2.95. The van der Waals surface area contributed by atoms with E-state index in [1.807, 2.05) is 0 Å². The van der Waals surface area contributed by atoms with Crippen LogP contribution in [0.2, 0.25) is 0 Å². The van der Waals surface area contributed by atoms with Gasteiger partial charge in [-0.1, -0.05) is 0 Å². The number of nitrogens with zero attached hydrogens (tertiary/aromatic N) is 1. The van der Waals surface area contributed by atoms with Gasteiger partial charge in [0.25, 0.3) is 5.91 Å². The van der Waals surface area contributed by atoms with Crippen molar-refractivity contribution in [2.24, 2.45) is 5.14 Å². The van der Waals surface area contributed by atoms with Gasteiger partial charge >= 0.3 is 5.97 Å². The van der Waals surface area contributed by atoms with Gasteiger partial charge in [-0.25, -0.2) is 18.4 Å². The van der Waals surface area contributed by atoms with Gasteiger partial charge < -0.3 is 19.9 Å². The van der Waals surface area contributed by atoms with Crippen molar-refractivity contribution in [1.82, 2.24) is 9.88 Å². The van der Waals surface area contributed by atoms with E-state index < -0.39 is 16.0 Å². The maximum absolute atomic E-state index is 12.8. The highest BCUT2D eigenvalue weighted by atomic mass is 32.2. The minimum Gasteiger partial charge on any atom is -0.462 e. The number of primary sulfonamides is 1. The van der Waals surface area contributed by atoms with E-state index in [1.54, 1.807) is 19.9 Å². The summed E-state index contributed by atoms with van der Waals surface area (Å²) in [6, 6.07) is 4.27. The Labute approximate surface area is 199 Å². The van der Waals surface area contributed by atoms with Crippen LogP contribution in [-0.2, 0) is 26.0 Å². The van der Waals surface area contributed by atoms with Crippen molar-refractivity contribution in [3.8, 4) is 0 Å². The van der Waals surface area contributed by atoms with Gasteiger partial charge in [0.05, 0.1) is 22.6 Å². The molecule has 2 aliphatic heterocycles. The molecule has 1 amide bonds. The van der Waals surface area contributed by atoms with Crippen molar-refractivity contribution in [2.75, 3.05) is 31.6 Å². The highest BCUT2D eigenvalue weighted by molar-refractivity contribution is 7.89. The predicted octanol–water partition coefficient (Wildman–Crippen LogP) is 2.67. The number of aromatic amines is 1. The van der Waals surface area contributed by atoms with Crippen LogP contribution >= 0.6 is 0 Å². The number of rotatable bonds is 8. The van der Waals surface area contributed by atoms with Crippen LogP contribution in [0, 0.1) is 6.92 Å². The topological polar surface area (TPSA) is 135 Å². The normalized spacial score (nSPS) is 17.3. The zero-order valence-electron chi connectivity index (χ0n) is 19.4. The lowest BCUT2D eigenvalue weighted by Crippen LogP contribution is -2.21. The minimum absolute atomic E-state index is 0.0747. The number of amides is 1. The van der Waals surface area contributed by atoms with E-state index in [2.05, 4.69) is 15.2 Å². The number of ether oxygens (including phenoxy) is 1. The molecule has 0 bridgehead atoms. The zero-order chi connectivity index (χ0) is 24.5. The number of hydrogen-bond donors (Lipinski definition) is 3. The number of aromatic nitrogens is 1. The maximum atomic E-state index is 12.8. The average Bonchev–Trinajstić information content (AvgIpc) is 3.46. The number of carbonyl (C=O) groups is 2. The molecule has 3 heterocycles. The van der Waals surface area contributed by atoms with E-state index in [0.717, 1.165) is 31.6 Å². The van der Waals surface area contributed by atoms with Crippen LogP contribution < -0.4 is 10.5 Å². The fourth-order valence-electron chi connectivity index (χ4n) is 4.68. The summed E-state index contributed by atoms with van der Waals surface area (Å²) in [4.78, 5) is 31.1. The van der Waals surface area contributed by atoms with Crippen LogP contribution in [0.5, 0.6) is 0 Å². The number of esters is 1. The summed E-state index contributed by atoms with van der Waals surface area (Å²) >= 11 is 0. The molecule has 0 atom stereocenters. The van der Waals surface area contributed by atoms with E-state index in [-0.39, 0.29) is 17.4 Å². The molecule has 1 saturated heterocycles. The Kier molecular flexibility index (Phi) is 6.92. The minimum atomic E-state index is -3.93. The second-order valence-electron chi connectivity index (χ2n) is 8.65. The number of nitrogens with one attached hydrogen (secondary N) is 2. The van der Waals surface area contributed by atoms with E-state index in [1.165, 1.54) is 31.0 Å². The molecule has 0 unspecified atom stereocenters. The molecule has 1 fully saturated rings. The lowest BCUT2D eigenvalue weighted by atomic mass is 10.00. The summed E-state index contributed by atoms with van der Waals surface area (Å²) in [5.41, 5.74) is 3.86. The molecule has 4 N–H and O–H groups in total. The second kappa shape index (κ2) is 9.73. The molecular weight excluding hydrogens is 456 g/mol. The number of likely N-dealkylation sites (tertiary alicyclic amines) is 1. The second-order valence-corrected chi connectivity index (χ2v) is 10.2. The van der Waals surface area contributed by atoms with Crippen molar-refractivity contribution >= 4 is 39.2 Å². The van der Waals surface area contributed by atoms with Crippen molar-refractivity contribution in [2.45, 2.75) is 44.4 Å². The zero-order valence-corrected chi connectivity index (χ0v) is 20.3. The van der Waals surface area contributed by atoms with Crippen LogP contribution in [0.3, 0.4) is 0 Å². The van der Waals surface area contributed by atoms with Gasteiger partial charge in [0.1, 0.15) is 0 Å². The Balaban J connectivity index is 1.73. The third kappa shape index (κ3) is 4.94. The first-order valence-electron chi connectivity index (χ1n) is 11.5. The highest BCUT2D eigenvalue weighted by Crippen LogP contribution is 2.36. The van der Waals surface area contributed by atoms with Crippen molar-refractivity contribution < 1.29 is 22.7 Å². The summed E-state index contributed by atoms with van der Waals surface area (Å²) in [6.45, 7) is 6.95. The van der Waals surface area contributed by atoms with Gasteiger partial charge in [-0.05, 0) is 89.0 Å². The first-order valence-corrected chi connectivity index (χ1v) is 13.0. The SMILES string of the molecule is CCOC(=O)c1c(C)[nH]c(/C=C2\C(=O)Nc3ccc(S(N)(=O)=O)cc32)c1CCCN1CCCC1. The quantitative estimate of drug-likeness (QED) is 0.388. The molecule has 9 nitrogen and oxygen atoms in total. The number of benzene rings is 1. The molecule has 2 aliphatic rings. The van der Waals surface area contributed by atoms with Crippen LogP contribution in [0.25, 0.3) is 11.6 Å². The molecule has 34 heavy (non-hydrogen) atoms. The van der Waals surface area contributed by atoms with Gasteiger partial charge in [-0.15, -0.1) is 0 Å². The number of aryl methyl sites for hydroxylation is 1. The van der Waals surface area contributed by atoms with Crippen molar-refractivity contribution in [3.63, 3.8) is 0 Å². The van der Waals surface area contributed by atoms with E-state index in [9.17, 15) is 18.0 Å². The Bertz CT molecular complexity index is 1260. The molecule has 1 aromatic heterocycles. The van der Waals surface area contributed by atoms with Crippen LogP contribution in [0.4, 0.5) is 5.69 Å². The molecule has 0 saturated carbocycles. The number of nitrogens with two attached hydrogens (primary N) is 1. The van der Waals surface area contributed by atoms with E-state index in [0.29, 0.717) is 40.2 Å². The largest absolute Gasteiger partial charge is 0.462 e. The third-order valence-corrected chi connectivity index (χ3v) is 7.21. The van der Waals surface area contributed by atoms with Gasteiger partial charge in [-0.3, -0.25) is 4.79 Å². The van der Waals surface area contributed by atoms with E-state index in [4.69, 9.17) is 9.88 Å². The fourth-order valence-corrected chi connectivity index (χ4v) is 5.22. The first kappa shape index (κ1) is 24.2. The molecule has 10 heteroatoms. The van der Waals surface area contributed by atoms with Crippen LogP contribution in [0.15, 0.2) is 23.1 Å². The summed E-state index contributed by atoms with van der Waals surface area (Å²) in [7, 11) is -3.93. The van der Waals surface area contributed by atoms with Gasteiger partial charge in [0, 0.05) is 22.6 Å². The molecule has 182 valence electrons. The number of carbonyl (C=O) groups excluding carboxylic acids is 2. The molecular formula is C24H30N4O5S. The highest BCUT2D eigenvalue weighted by Gasteiger charge is 2.28. The smallest absolute Gasteiger partial charge is 0.340 e. The lowest BCUT2D eigenvalue weighted by Gasteiger charge is -2.14. The number of fused-ring (bicyclic) bond motifs is 1. The summed E-state index contributed by atoms with van der Waals surface area (Å²) in [5, 5.41) is 8.04. The number of hydrogen-bond acceptors (Lipinski definition) is 6. The first-order chi connectivity index (χ1) is 16.2.